The van der Waals surface area contributed by atoms with Gasteiger partial charge in [0.1, 0.15) is 0 Å². The van der Waals surface area contributed by atoms with Gasteiger partial charge >= 0.3 is 0 Å². The lowest BCUT2D eigenvalue weighted by molar-refractivity contribution is -0.195. The van der Waals surface area contributed by atoms with Crippen molar-refractivity contribution in [1.82, 2.24) is 5.06 Å². The third kappa shape index (κ3) is 2.72. The minimum atomic E-state index is -0.319. The van der Waals surface area contributed by atoms with Gasteiger partial charge in [0.05, 0.1) is 12.6 Å². The molecule has 0 spiro atoms. The summed E-state index contributed by atoms with van der Waals surface area (Å²) in [6.45, 7) is 9.03. The van der Waals surface area contributed by atoms with E-state index < -0.39 is 0 Å². The van der Waals surface area contributed by atoms with Crippen LogP contribution in [0.2, 0.25) is 0 Å². The van der Waals surface area contributed by atoms with Crippen molar-refractivity contribution in [3.63, 3.8) is 0 Å². The molecular formula is C8H15NO2. The Morgan fingerprint density at radius 1 is 1.55 bits per heavy atom. The van der Waals surface area contributed by atoms with E-state index in [4.69, 9.17) is 4.84 Å². The maximum atomic E-state index is 11.1. The van der Waals surface area contributed by atoms with Gasteiger partial charge in [-0.25, -0.2) is 5.06 Å². The molecule has 0 saturated heterocycles. The molecule has 3 heteroatoms. The number of rotatable bonds is 2. The summed E-state index contributed by atoms with van der Waals surface area (Å²) in [5, 5.41) is 1.28. The van der Waals surface area contributed by atoms with E-state index >= 15 is 0 Å². The average Bonchev–Trinajstić information content (AvgIpc) is 1.86. The van der Waals surface area contributed by atoms with Crippen LogP contribution in [-0.2, 0) is 9.63 Å². The number of nitrogens with zero attached hydrogens (tertiary/aromatic N) is 1. The van der Waals surface area contributed by atoms with Crippen LogP contribution in [-0.4, -0.2) is 23.6 Å². The number of carbonyl (C=O) groups is 1. The second-order valence-corrected chi connectivity index (χ2v) is 3.19. The van der Waals surface area contributed by atoms with Gasteiger partial charge in [0.25, 0.3) is 5.91 Å². The highest BCUT2D eigenvalue weighted by atomic mass is 16.7. The van der Waals surface area contributed by atoms with Gasteiger partial charge in [-0.05, 0) is 26.8 Å². The molecule has 64 valence electrons. The first-order valence-electron chi connectivity index (χ1n) is 3.44. The van der Waals surface area contributed by atoms with Crippen LogP contribution in [0.25, 0.3) is 0 Å². The first-order valence-corrected chi connectivity index (χ1v) is 3.44. The highest BCUT2D eigenvalue weighted by molar-refractivity contribution is 5.86. The van der Waals surface area contributed by atoms with E-state index in [0.29, 0.717) is 0 Å². The third-order valence-corrected chi connectivity index (χ3v) is 1.17. The SMILES string of the molecule is C=CC(=O)N(OC)C(C)(C)C. The molecular weight excluding hydrogens is 142 g/mol. The van der Waals surface area contributed by atoms with E-state index in [-0.39, 0.29) is 11.4 Å². The summed E-state index contributed by atoms with van der Waals surface area (Å²) in [4.78, 5) is 16.0. The number of carbonyl (C=O) groups excluding carboxylic acids is 1. The summed E-state index contributed by atoms with van der Waals surface area (Å²) in [6, 6.07) is 0. The molecule has 0 rings (SSSR count). The normalized spacial score (nSPS) is 10.9. The summed E-state index contributed by atoms with van der Waals surface area (Å²) in [5.41, 5.74) is -0.319. The van der Waals surface area contributed by atoms with Crippen molar-refractivity contribution in [3.8, 4) is 0 Å². The van der Waals surface area contributed by atoms with Crippen LogP contribution in [0.15, 0.2) is 12.7 Å². The molecule has 0 heterocycles. The van der Waals surface area contributed by atoms with Crippen molar-refractivity contribution in [2.24, 2.45) is 0 Å². The molecule has 0 aromatic rings. The van der Waals surface area contributed by atoms with Gasteiger partial charge in [-0.3, -0.25) is 9.63 Å². The Labute approximate surface area is 67.6 Å². The van der Waals surface area contributed by atoms with Crippen molar-refractivity contribution < 1.29 is 9.63 Å². The summed E-state index contributed by atoms with van der Waals surface area (Å²) < 4.78 is 0. The molecule has 0 aliphatic heterocycles. The Balaban J connectivity index is 4.41. The van der Waals surface area contributed by atoms with Gasteiger partial charge in [-0.1, -0.05) is 6.58 Å². The third-order valence-electron chi connectivity index (χ3n) is 1.17. The van der Waals surface area contributed by atoms with E-state index in [9.17, 15) is 4.79 Å². The zero-order valence-electron chi connectivity index (χ0n) is 7.55. The molecule has 0 fully saturated rings. The molecule has 0 saturated carbocycles. The molecule has 0 N–H and O–H groups in total. The molecule has 0 aliphatic carbocycles. The fraction of sp³-hybridized carbons (Fsp3) is 0.625. The van der Waals surface area contributed by atoms with Crippen LogP contribution >= 0.6 is 0 Å². The summed E-state index contributed by atoms with van der Waals surface area (Å²) in [6.07, 6.45) is 1.23. The Hall–Kier alpha value is -0.830. The zero-order valence-corrected chi connectivity index (χ0v) is 7.55. The molecule has 3 nitrogen and oxygen atoms in total. The standard InChI is InChI=1S/C8H15NO2/c1-6-7(10)9(11-5)8(2,3)4/h6H,1H2,2-5H3. The molecule has 0 unspecified atom stereocenters. The number of hydroxylamine groups is 2. The van der Waals surface area contributed by atoms with Gasteiger partial charge in [-0.2, -0.15) is 0 Å². The van der Waals surface area contributed by atoms with Crippen molar-refractivity contribution in [2.75, 3.05) is 7.11 Å². The second kappa shape index (κ2) is 3.53. The molecule has 0 aromatic heterocycles. The highest BCUT2D eigenvalue weighted by Crippen LogP contribution is 2.12. The second-order valence-electron chi connectivity index (χ2n) is 3.19. The van der Waals surface area contributed by atoms with Crippen LogP contribution in [0, 0.1) is 0 Å². The van der Waals surface area contributed by atoms with Crippen LogP contribution in [0.5, 0.6) is 0 Å². The highest BCUT2D eigenvalue weighted by Gasteiger charge is 2.24. The largest absolute Gasteiger partial charge is 0.274 e. The van der Waals surface area contributed by atoms with E-state index in [2.05, 4.69) is 6.58 Å². The van der Waals surface area contributed by atoms with E-state index in [1.54, 1.807) is 0 Å². The molecule has 0 atom stereocenters. The van der Waals surface area contributed by atoms with E-state index in [1.807, 2.05) is 20.8 Å². The van der Waals surface area contributed by atoms with Crippen LogP contribution in [0.3, 0.4) is 0 Å². The fourth-order valence-electron chi connectivity index (χ4n) is 0.777. The number of hydrogen-bond donors (Lipinski definition) is 0. The average molecular weight is 157 g/mol. The Morgan fingerprint density at radius 3 is 2.09 bits per heavy atom. The maximum Gasteiger partial charge on any atom is 0.270 e. The van der Waals surface area contributed by atoms with E-state index in [1.165, 1.54) is 18.2 Å². The lowest BCUT2D eigenvalue weighted by Crippen LogP contribution is -2.43. The smallest absolute Gasteiger partial charge is 0.270 e. The van der Waals surface area contributed by atoms with Gasteiger partial charge in [0.15, 0.2) is 0 Å². The first kappa shape index (κ1) is 10.2. The number of hydrogen-bond acceptors (Lipinski definition) is 2. The molecule has 1 amide bonds. The fourth-order valence-corrected chi connectivity index (χ4v) is 0.777. The molecule has 0 aliphatic rings. The van der Waals surface area contributed by atoms with Crippen molar-refractivity contribution >= 4 is 5.91 Å². The molecule has 0 bridgehead atoms. The lowest BCUT2D eigenvalue weighted by atomic mass is 10.1. The minimum Gasteiger partial charge on any atom is -0.274 e. The summed E-state index contributed by atoms with van der Waals surface area (Å²) in [5.74, 6) is -0.222. The summed E-state index contributed by atoms with van der Waals surface area (Å²) in [7, 11) is 1.46. The summed E-state index contributed by atoms with van der Waals surface area (Å²) >= 11 is 0. The van der Waals surface area contributed by atoms with Gasteiger partial charge in [0, 0.05) is 0 Å². The first-order chi connectivity index (χ1) is 4.93. The number of amides is 1. The monoisotopic (exact) mass is 157 g/mol. The Morgan fingerprint density at radius 2 is 2.00 bits per heavy atom. The van der Waals surface area contributed by atoms with Crippen LogP contribution < -0.4 is 0 Å². The van der Waals surface area contributed by atoms with Crippen LogP contribution in [0.4, 0.5) is 0 Å². The van der Waals surface area contributed by atoms with Gasteiger partial charge in [-0.15, -0.1) is 0 Å². The minimum absolute atomic E-state index is 0.222. The van der Waals surface area contributed by atoms with Crippen molar-refractivity contribution in [2.45, 2.75) is 26.3 Å². The molecule has 0 aromatic carbocycles. The zero-order chi connectivity index (χ0) is 9.07. The van der Waals surface area contributed by atoms with E-state index in [0.717, 1.165) is 0 Å². The van der Waals surface area contributed by atoms with Crippen molar-refractivity contribution in [3.05, 3.63) is 12.7 Å². The topological polar surface area (TPSA) is 29.5 Å². The maximum absolute atomic E-state index is 11.1. The molecule has 11 heavy (non-hydrogen) atoms. The predicted octanol–water partition coefficient (Wildman–Crippen LogP) is 1.36. The predicted molar refractivity (Wildman–Crippen MR) is 43.8 cm³/mol. The van der Waals surface area contributed by atoms with Crippen LogP contribution in [0.1, 0.15) is 20.8 Å². The molecule has 0 radical (unpaired) electrons. The quantitative estimate of drug-likeness (QED) is 0.447. The Bertz CT molecular complexity index is 158. The van der Waals surface area contributed by atoms with Crippen molar-refractivity contribution in [1.29, 1.82) is 0 Å². The van der Waals surface area contributed by atoms with Gasteiger partial charge in [0.2, 0.25) is 0 Å². The van der Waals surface area contributed by atoms with Gasteiger partial charge < -0.3 is 0 Å². The Kier molecular flexibility index (Phi) is 3.26. The lowest BCUT2D eigenvalue weighted by Gasteiger charge is -2.31.